The Morgan fingerprint density at radius 1 is 1.29 bits per heavy atom. The van der Waals surface area contributed by atoms with E-state index in [1.54, 1.807) is 17.0 Å². The van der Waals surface area contributed by atoms with Gasteiger partial charge in [0.15, 0.2) is 15.9 Å². The van der Waals surface area contributed by atoms with Crippen molar-refractivity contribution in [3.05, 3.63) is 35.4 Å². The summed E-state index contributed by atoms with van der Waals surface area (Å²) in [7, 11) is -3.20. The summed E-state index contributed by atoms with van der Waals surface area (Å²) in [6.45, 7) is 3.42. The van der Waals surface area contributed by atoms with Crippen molar-refractivity contribution in [3.63, 3.8) is 0 Å². The van der Waals surface area contributed by atoms with Gasteiger partial charge in [0.1, 0.15) is 0 Å². The van der Waals surface area contributed by atoms with E-state index in [2.05, 4.69) is 0 Å². The van der Waals surface area contributed by atoms with Crippen LogP contribution in [0.3, 0.4) is 0 Å². The van der Waals surface area contributed by atoms with E-state index in [0.717, 1.165) is 6.26 Å². The number of carbonyl (C=O) groups excluding carboxylic acids is 2. The standard InChI is InChI=1S/C16H21NO6S/c1-12(15(18)17-6-8-22-9-7-17)23-16(19)14-5-3-4-13(10-14)11-24(2,20)21/h3-5,10,12H,6-9,11H2,1-2H3. The first-order chi connectivity index (χ1) is 11.3. The van der Waals surface area contributed by atoms with Crippen molar-refractivity contribution >= 4 is 21.7 Å². The van der Waals surface area contributed by atoms with E-state index < -0.39 is 21.9 Å². The van der Waals surface area contributed by atoms with E-state index >= 15 is 0 Å². The van der Waals surface area contributed by atoms with E-state index in [1.807, 2.05) is 0 Å². The Kier molecular flexibility index (Phi) is 5.95. The second kappa shape index (κ2) is 7.76. The van der Waals surface area contributed by atoms with Crippen LogP contribution < -0.4 is 0 Å². The number of ether oxygens (including phenoxy) is 2. The second-order valence-corrected chi connectivity index (χ2v) is 7.90. The maximum absolute atomic E-state index is 12.2. The molecule has 1 aromatic carbocycles. The van der Waals surface area contributed by atoms with E-state index in [0.29, 0.717) is 31.9 Å². The Labute approximate surface area is 141 Å². The predicted octanol–water partition coefficient (Wildman–Crippen LogP) is 0.635. The molecule has 0 aromatic heterocycles. The molecule has 0 bridgehead atoms. The Bertz CT molecular complexity index is 709. The highest BCUT2D eigenvalue weighted by atomic mass is 32.2. The van der Waals surface area contributed by atoms with E-state index in [4.69, 9.17) is 9.47 Å². The lowest BCUT2D eigenvalue weighted by Gasteiger charge is -2.28. The number of morpholine rings is 1. The van der Waals surface area contributed by atoms with Gasteiger partial charge in [-0.25, -0.2) is 13.2 Å². The number of carbonyl (C=O) groups is 2. The van der Waals surface area contributed by atoms with Gasteiger partial charge in [0, 0.05) is 19.3 Å². The Hall–Kier alpha value is -1.93. The first-order valence-electron chi connectivity index (χ1n) is 7.60. The molecule has 132 valence electrons. The van der Waals surface area contributed by atoms with Crippen LogP contribution in [0.25, 0.3) is 0 Å². The zero-order chi connectivity index (χ0) is 17.7. The molecule has 0 spiro atoms. The molecule has 0 N–H and O–H groups in total. The molecule has 1 heterocycles. The Morgan fingerprint density at radius 3 is 2.58 bits per heavy atom. The number of benzene rings is 1. The Morgan fingerprint density at radius 2 is 1.96 bits per heavy atom. The third-order valence-corrected chi connectivity index (χ3v) is 4.40. The van der Waals surface area contributed by atoms with Crippen molar-refractivity contribution in [1.29, 1.82) is 0 Å². The maximum Gasteiger partial charge on any atom is 0.338 e. The van der Waals surface area contributed by atoms with E-state index in [-0.39, 0.29) is 17.2 Å². The monoisotopic (exact) mass is 355 g/mol. The summed E-state index contributed by atoms with van der Waals surface area (Å²) < 4.78 is 33.1. The molecular weight excluding hydrogens is 334 g/mol. The number of amides is 1. The maximum atomic E-state index is 12.2. The van der Waals surface area contributed by atoms with Gasteiger partial charge in [0.2, 0.25) is 0 Å². The SMILES string of the molecule is CC(OC(=O)c1cccc(CS(C)(=O)=O)c1)C(=O)N1CCOCC1. The van der Waals surface area contributed by atoms with Gasteiger partial charge in [-0.3, -0.25) is 4.79 Å². The lowest BCUT2D eigenvalue weighted by Crippen LogP contribution is -2.46. The van der Waals surface area contributed by atoms with Gasteiger partial charge in [-0.2, -0.15) is 0 Å². The molecule has 1 aromatic rings. The van der Waals surface area contributed by atoms with Crippen molar-refractivity contribution in [2.75, 3.05) is 32.6 Å². The molecule has 0 radical (unpaired) electrons. The topological polar surface area (TPSA) is 90.0 Å². The molecule has 1 aliphatic heterocycles. The number of nitrogens with zero attached hydrogens (tertiary/aromatic N) is 1. The highest BCUT2D eigenvalue weighted by Crippen LogP contribution is 2.12. The molecule has 24 heavy (non-hydrogen) atoms. The van der Waals surface area contributed by atoms with Crippen LogP contribution in [0.1, 0.15) is 22.8 Å². The van der Waals surface area contributed by atoms with Crippen LogP contribution in [-0.2, 0) is 29.9 Å². The predicted molar refractivity (Wildman–Crippen MR) is 87.3 cm³/mol. The molecule has 0 aliphatic carbocycles. The summed E-state index contributed by atoms with van der Waals surface area (Å²) in [4.78, 5) is 26.0. The molecule has 1 unspecified atom stereocenters. The van der Waals surface area contributed by atoms with Crippen molar-refractivity contribution in [2.45, 2.75) is 18.8 Å². The minimum atomic E-state index is -3.20. The number of hydrogen-bond acceptors (Lipinski definition) is 6. The fraction of sp³-hybridized carbons (Fsp3) is 0.500. The fourth-order valence-corrected chi connectivity index (χ4v) is 3.20. The third kappa shape index (κ3) is 5.31. The fourth-order valence-electron chi connectivity index (χ4n) is 2.41. The number of esters is 1. The van der Waals surface area contributed by atoms with Crippen molar-refractivity contribution in [1.82, 2.24) is 4.90 Å². The van der Waals surface area contributed by atoms with Gasteiger partial charge in [0.05, 0.1) is 24.5 Å². The molecule has 8 heteroatoms. The quantitative estimate of drug-likeness (QED) is 0.720. The number of hydrogen-bond donors (Lipinski definition) is 0. The number of rotatable bonds is 5. The van der Waals surface area contributed by atoms with Gasteiger partial charge >= 0.3 is 5.97 Å². The van der Waals surface area contributed by atoms with Crippen molar-refractivity contribution in [2.24, 2.45) is 0 Å². The van der Waals surface area contributed by atoms with Crippen molar-refractivity contribution < 1.29 is 27.5 Å². The first-order valence-corrected chi connectivity index (χ1v) is 9.66. The first kappa shape index (κ1) is 18.4. The van der Waals surface area contributed by atoms with Crippen LogP contribution in [0.2, 0.25) is 0 Å². The molecule has 1 fully saturated rings. The van der Waals surface area contributed by atoms with Gasteiger partial charge in [-0.05, 0) is 24.6 Å². The molecule has 1 saturated heterocycles. The van der Waals surface area contributed by atoms with E-state index in [9.17, 15) is 18.0 Å². The molecule has 7 nitrogen and oxygen atoms in total. The van der Waals surface area contributed by atoms with Gasteiger partial charge in [-0.15, -0.1) is 0 Å². The largest absolute Gasteiger partial charge is 0.449 e. The van der Waals surface area contributed by atoms with Crippen LogP contribution in [0.4, 0.5) is 0 Å². The molecule has 1 aliphatic rings. The third-order valence-electron chi connectivity index (χ3n) is 3.55. The van der Waals surface area contributed by atoms with Crippen LogP contribution in [-0.4, -0.2) is 63.9 Å². The molecular formula is C16H21NO6S. The van der Waals surface area contributed by atoms with Crippen LogP contribution in [0.5, 0.6) is 0 Å². The zero-order valence-corrected chi connectivity index (χ0v) is 14.5. The normalized spacial score (nSPS) is 16.5. The highest BCUT2D eigenvalue weighted by molar-refractivity contribution is 7.89. The molecule has 0 saturated carbocycles. The van der Waals surface area contributed by atoms with Gasteiger partial charge in [-0.1, -0.05) is 12.1 Å². The number of sulfone groups is 1. The average Bonchev–Trinajstić information content (AvgIpc) is 2.53. The summed E-state index contributed by atoms with van der Waals surface area (Å²) in [5, 5.41) is 0. The van der Waals surface area contributed by atoms with Gasteiger partial charge < -0.3 is 14.4 Å². The zero-order valence-electron chi connectivity index (χ0n) is 13.7. The summed E-state index contributed by atoms with van der Waals surface area (Å²) in [5.41, 5.74) is 0.719. The smallest absolute Gasteiger partial charge is 0.338 e. The molecule has 2 rings (SSSR count). The van der Waals surface area contributed by atoms with Crippen molar-refractivity contribution in [3.8, 4) is 0 Å². The van der Waals surface area contributed by atoms with Crippen LogP contribution in [0.15, 0.2) is 24.3 Å². The average molecular weight is 355 g/mol. The summed E-state index contributed by atoms with van der Waals surface area (Å²) in [6, 6.07) is 6.21. The molecule has 1 atom stereocenters. The second-order valence-electron chi connectivity index (χ2n) is 5.76. The van der Waals surface area contributed by atoms with Crippen LogP contribution >= 0.6 is 0 Å². The summed E-state index contributed by atoms with van der Waals surface area (Å²) in [5.74, 6) is -1.07. The molecule has 1 amide bonds. The minimum Gasteiger partial charge on any atom is -0.449 e. The lowest BCUT2D eigenvalue weighted by molar-refractivity contribution is -0.143. The summed E-state index contributed by atoms with van der Waals surface area (Å²) in [6.07, 6.45) is 0.218. The van der Waals surface area contributed by atoms with E-state index in [1.165, 1.54) is 19.1 Å². The lowest BCUT2D eigenvalue weighted by atomic mass is 10.1. The van der Waals surface area contributed by atoms with Gasteiger partial charge in [0.25, 0.3) is 5.91 Å². The minimum absolute atomic E-state index is 0.156. The Balaban J connectivity index is 2.01. The van der Waals surface area contributed by atoms with Crippen LogP contribution in [0, 0.1) is 0 Å². The summed E-state index contributed by atoms with van der Waals surface area (Å²) >= 11 is 0. The highest BCUT2D eigenvalue weighted by Gasteiger charge is 2.25.